The summed E-state index contributed by atoms with van der Waals surface area (Å²) in [5.41, 5.74) is -1.10. The van der Waals surface area contributed by atoms with Gasteiger partial charge in [-0.2, -0.15) is 0 Å². The SMILES string of the molecule is Cc1ccc(C(=O)C2=C[C@@]34C=C[C@@]25[C@@H]2CC[C@@](O)(CN6CCN(C(=O)c7ccco7)CC6)[C@@]2(C)CC[C@@H]5[C@@]3(C)CCC(O)C4)s1. The molecule has 2 spiro atoms. The van der Waals surface area contributed by atoms with Crippen molar-refractivity contribution in [3.8, 4) is 0 Å². The summed E-state index contributed by atoms with van der Waals surface area (Å²) in [5.74, 6) is 0.878. The quantitative estimate of drug-likeness (QED) is 0.317. The molecule has 8 atom stereocenters. The average molecular weight is 631 g/mol. The molecule has 6 aliphatic carbocycles. The van der Waals surface area contributed by atoms with E-state index in [2.05, 4.69) is 43.9 Å². The number of fused-ring (bicyclic) bond motifs is 1. The minimum absolute atomic E-state index is 0.0327. The fourth-order valence-corrected chi connectivity index (χ4v) is 12.1. The van der Waals surface area contributed by atoms with Gasteiger partial charge in [0.2, 0.25) is 0 Å². The maximum absolute atomic E-state index is 14.6. The molecule has 2 bridgehead atoms. The van der Waals surface area contributed by atoms with Gasteiger partial charge in [0.15, 0.2) is 11.5 Å². The third-order valence-corrected chi connectivity index (χ3v) is 14.8. The van der Waals surface area contributed by atoms with Crippen LogP contribution in [0.25, 0.3) is 0 Å². The number of carbonyl (C=O) groups is 2. The molecule has 8 heteroatoms. The molecule has 4 fully saturated rings. The number of aryl methyl sites for hydroxylation is 1. The number of allylic oxidation sites excluding steroid dienone is 4. The number of Topliss-reactive ketones (excluding diaryl/α,β-unsaturated/α-hetero) is 1. The van der Waals surface area contributed by atoms with E-state index in [1.807, 2.05) is 17.0 Å². The molecular weight excluding hydrogens is 584 g/mol. The number of hydrogen-bond acceptors (Lipinski definition) is 7. The van der Waals surface area contributed by atoms with Gasteiger partial charge in [0.05, 0.1) is 22.8 Å². The van der Waals surface area contributed by atoms with Gasteiger partial charge in [-0.25, -0.2) is 0 Å². The van der Waals surface area contributed by atoms with Crippen LogP contribution in [0.5, 0.6) is 0 Å². The molecule has 7 nitrogen and oxygen atoms in total. The van der Waals surface area contributed by atoms with Crippen molar-refractivity contribution in [2.45, 2.75) is 77.4 Å². The van der Waals surface area contributed by atoms with Crippen molar-refractivity contribution in [1.29, 1.82) is 0 Å². The van der Waals surface area contributed by atoms with E-state index in [1.54, 1.807) is 23.5 Å². The highest BCUT2D eigenvalue weighted by Gasteiger charge is 2.74. The van der Waals surface area contributed by atoms with E-state index in [0.29, 0.717) is 57.2 Å². The Bertz CT molecular complexity index is 1590. The minimum atomic E-state index is -0.887. The van der Waals surface area contributed by atoms with Crippen LogP contribution >= 0.6 is 11.3 Å². The fourth-order valence-electron chi connectivity index (χ4n) is 11.3. The molecule has 1 unspecified atom stereocenters. The lowest BCUT2D eigenvalue weighted by Gasteiger charge is -2.71. The van der Waals surface area contributed by atoms with Crippen LogP contribution in [0.2, 0.25) is 0 Å². The number of aliphatic hydroxyl groups is 2. The first kappa shape index (κ1) is 29.9. The Balaban J connectivity index is 1.12. The fraction of sp³-hybridized carbons (Fsp3) is 0.622. The smallest absolute Gasteiger partial charge is 0.289 e. The normalized spacial score (nSPS) is 42.2. The summed E-state index contributed by atoms with van der Waals surface area (Å²) < 4.78 is 5.35. The molecule has 3 saturated carbocycles. The second-order valence-electron chi connectivity index (χ2n) is 15.6. The van der Waals surface area contributed by atoms with Crippen molar-refractivity contribution in [1.82, 2.24) is 9.80 Å². The van der Waals surface area contributed by atoms with Crippen LogP contribution < -0.4 is 0 Å². The molecule has 45 heavy (non-hydrogen) atoms. The molecule has 240 valence electrons. The molecule has 1 saturated heterocycles. The zero-order valence-electron chi connectivity index (χ0n) is 26.8. The Morgan fingerprint density at radius 3 is 2.42 bits per heavy atom. The predicted octanol–water partition coefficient (Wildman–Crippen LogP) is 5.88. The van der Waals surface area contributed by atoms with Gasteiger partial charge in [-0.3, -0.25) is 14.5 Å². The molecule has 1 amide bonds. The van der Waals surface area contributed by atoms with E-state index in [4.69, 9.17) is 4.42 Å². The third-order valence-electron chi connectivity index (χ3n) is 13.8. The summed E-state index contributed by atoms with van der Waals surface area (Å²) >= 11 is 1.57. The molecule has 2 aromatic heterocycles. The highest BCUT2D eigenvalue weighted by Crippen LogP contribution is 2.78. The standard InChI is InChI=1S/C37H46N2O5S/c1-24-6-7-28(45-24)31(41)26-22-35-14-15-37(26)29(33(35,2)11-8-25(40)21-35)9-12-34(3)30(37)10-13-36(34,43)23-38-16-18-39(19-17-38)32(42)27-5-4-20-44-27/h4-7,14-15,20,22,25,29-30,40,43H,8-13,16-19,21,23H2,1-3H3/t25?,29-,30-,33-,34+,35+,36-,37-/m1/s1. The summed E-state index contributed by atoms with van der Waals surface area (Å²) in [6.45, 7) is 10.0. The maximum atomic E-state index is 14.6. The molecule has 3 heterocycles. The lowest BCUT2D eigenvalue weighted by Crippen LogP contribution is -2.67. The van der Waals surface area contributed by atoms with Crippen LogP contribution in [-0.4, -0.2) is 76.1 Å². The second-order valence-corrected chi connectivity index (χ2v) is 16.9. The van der Waals surface area contributed by atoms with E-state index < -0.39 is 11.0 Å². The van der Waals surface area contributed by atoms with Crippen LogP contribution in [0.4, 0.5) is 0 Å². The Hall–Kier alpha value is -2.52. The summed E-state index contributed by atoms with van der Waals surface area (Å²) in [5, 5.41) is 23.6. The van der Waals surface area contributed by atoms with Crippen molar-refractivity contribution in [2.75, 3.05) is 32.7 Å². The predicted molar refractivity (Wildman–Crippen MR) is 173 cm³/mol. The molecular formula is C37H46N2O5S. The van der Waals surface area contributed by atoms with Crippen molar-refractivity contribution in [3.63, 3.8) is 0 Å². The zero-order valence-corrected chi connectivity index (χ0v) is 27.6. The maximum Gasteiger partial charge on any atom is 0.289 e. The largest absolute Gasteiger partial charge is 0.459 e. The van der Waals surface area contributed by atoms with Crippen molar-refractivity contribution < 1.29 is 24.2 Å². The Labute approximate surface area is 270 Å². The second kappa shape index (κ2) is 9.99. The topological polar surface area (TPSA) is 94.2 Å². The summed E-state index contributed by atoms with van der Waals surface area (Å²) in [4.78, 5) is 33.6. The highest BCUT2D eigenvalue weighted by atomic mass is 32.1. The molecule has 7 aliphatic rings. The molecule has 9 rings (SSSR count). The van der Waals surface area contributed by atoms with Crippen molar-refractivity contribution in [2.24, 2.45) is 33.5 Å². The van der Waals surface area contributed by atoms with Crippen LogP contribution in [0.3, 0.4) is 0 Å². The van der Waals surface area contributed by atoms with Crippen LogP contribution in [0.15, 0.2) is 58.7 Å². The Kier molecular flexibility index (Phi) is 6.63. The van der Waals surface area contributed by atoms with Gasteiger partial charge in [0.1, 0.15) is 0 Å². The molecule has 2 N–H and O–H groups in total. The summed E-state index contributed by atoms with van der Waals surface area (Å²) in [6.07, 6.45) is 14.2. The number of ketones is 1. The monoisotopic (exact) mass is 630 g/mol. The number of β-amino-alcohol motifs (C(OH)–C–C–N with tert-alkyl or cyclic N) is 1. The number of piperazine rings is 1. The number of nitrogens with zero attached hydrogens (tertiary/aromatic N) is 2. The Morgan fingerprint density at radius 1 is 0.978 bits per heavy atom. The van der Waals surface area contributed by atoms with E-state index in [1.165, 1.54) is 6.26 Å². The van der Waals surface area contributed by atoms with Crippen LogP contribution in [0.1, 0.15) is 83.9 Å². The number of thiophene rings is 1. The third kappa shape index (κ3) is 3.98. The van der Waals surface area contributed by atoms with E-state index in [9.17, 15) is 19.8 Å². The molecule has 1 aliphatic heterocycles. The number of carbonyl (C=O) groups excluding carboxylic acids is 2. The van der Waals surface area contributed by atoms with Gasteiger partial charge in [-0.05, 0) is 93.4 Å². The number of amides is 1. The first-order valence-corrected chi connectivity index (χ1v) is 17.8. The van der Waals surface area contributed by atoms with Gasteiger partial charge >= 0.3 is 0 Å². The molecule has 2 aromatic rings. The lowest BCUT2D eigenvalue weighted by atomic mass is 9.32. The lowest BCUT2D eigenvalue weighted by molar-refractivity contribution is -0.176. The number of furan rings is 1. The van der Waals surface area contributed by atoms with E-state index >= 15 is 0 Å². The Morgan fingerprint density at radius 2 is 1.71 bits per heavy atom. The van der Waals surface area contributed by atoms with Gasteiger partial charge in [-0.1, -0.05) is 32.1 Å². The average Bonchev–Trinajstić information content (AvgIpc) is 3.77. The number of aliphatic hydroxyl groups excluding tert-OH is 1. The van der Waals surface area contributed by atoms with Gasteiger partial charge in [-0.15, -0.1) is 11.3 Å². The highest BCUT2D eigenvalue weighted by molar-refractivity contribution is 7.14. The number of rotatable bonds is 5. The van der Waals surface area contributed by atoms with Crippen LogP contribution in [0, 0.1) is 40.4 Å². The van der Waals surface area contributed by atoms with Crippen molar-refractivity contribution in [3.05, 3.63) is 69.8 Å². The molecule has 0 radical (unpaired) electrons. The van der Waals surface area contributed by atoms with Gasteiger partial charge < -0.3 is 19.5 Å². The van der Waals surface area contributed by atoms with E-state index in [0.717, 1.165) is 47.4 Å². The number of hydrogen-bond donors (Lipinski definition) is 2. The first-order chi connectivity index (χ1) is 21.4. The van der Waals surface area contributed by atoms with Gasteiger partial charge in [0, 0.05) is 59.4 Å². The minimum Gasteiger partial charge on any atom is -0.459 e. The zero-order chi connectivity index (χ0) is 31.4. The first-order valence-electron chi connectivity index (χ1n) is 17.0. The molecule has 0 aromatic carbocycles. The van der Waals surface area contributed by atoms with E-state index in [-0.39, 0.29) is 40.0 Å². The summed E-state index contributed by atoms with van der Waals surface area (Å²) in [7, 11) is 0. The van der Waals surface area contributed by atoms with Gasteiger partial charge in [0.25, 0.3) is 5.91 Å². The summed E-state index contributed by atoms with van der Waals surface area (Å²) in [6, 6.07) is 7.48. The van der Waals surface area contributed by atoms with Crippen LogP contribution in [-0.2, 0) is 0 Å². The van der Waals surface area contributed by atoms with Crippen molar-refractivity contribution >= 4 is 23.0 Å².